The molecule has 0 radical (unpaired) electrons. The van der Waals surface area contributed by atoms with Gasteiger partial charge in [-0.3, -0.25) is 4.79 Å². The summed E-state index contributed by atoms with van der Waals surface area (Å²) in [4.78, 5) is 10.8. The van der Waals surface area contributed by atoms with E-state index < -0.39 is 0 Å². The zero-order chi connectivity index (χ0) is 10.1. The Morgan fingerprint density at radius 3 is 2.93 bits per heavy atom. The van der Waals surface area contributed by atoms with Crippen molar-refractivity contribution in [1.82, 2.24) is 0 Å². The second-order valence-corrected chi connectivity index (χ2v) is 3.81. The molecule has 1 aliphatic carbocycles. The highest BCUT2D eigenvalue weighted by Crippen LogP contribution is 2.33. The Morgan fingerprint density at radius 1 is 1.43 bits per heavy atom. The summed E-state index contributed by atoms with van der Waals surface area (Å²) in [6.45, 7) is 0. The van der Waals surface area contributed by atoms with E-state index in [1.165, 1.54) is 11.6 Å². The van der Waals surface area contributed by atoms with Crippen LogP contribution in [-0.2, 0) is 11.2 Å². The molecule has 0 aliphatic heterocycles. The SMILES string of the molecule is NC(=O)C=C1CCc2cc(Cl)ccc21. The van der Waals surface area contributed by atoms with Gasteiger partial charge in [0.2, 0.25) is 5.91 Å². The number of carbonyl (C=O) groups excluding carboxylic acids is 1. The van der Waals surface area contributed by atoms with Crippen LogP contribution in [0.15, 0.2) is 24.3 Å². The molecule has 1 aromatic rings. The maximum atomic E-state index is 10.8. The normalized spacial score (nSPS) is 17.1. The average molecular weight is 208 g/mol. The van der Waals surface area contributed by atoms with Crippen molar-refractivity contribution in [3.63, 3.8) is 0 Å². The number of allylic oxidation sites excluding steroid dienone is 1. The molecule has 0 saturated carbocycles. The first-order chi connectivity index (χ1) is 6.66. The lowest BCUT2D eigenvalue weighted by Gasteiger charge is -2.00. The van der Waals surface area contributed by atoms with Gasteiger partial charge in [0, 0.05) is 11.1 Å². The van der Waals surface area contributed by atoms with E-state index in [-0.39, 0.29) is 5.91 Å². The highest BCUT2D eigenvalue weighted by Gasteiger charge is 2.16. The van der Waals surface area contributed by atoms with Crippen molar-refractivity contribution >= 4 is 23.1 Å². The minimum atomic E-state index is -0.386. The van der Waals surface area contributed by atoms with Crippen molar-refractivity contribution in [1.29, 1.82) is 0 Å². The van der Waals surface area contributed by atoms with Gasteiger partial charge in [-0.1, -0.05) is 17.7 Å². The van der Waals surface area contributed by atoms with Gasteiger partial charge >= 0.3 is 0 Å². The van der Waals surface area contributed by atoms with Gasteiger partial charge in [-0.05, 0) is 41.7 Å². The van der Waals surface area contributed by atoms with Gasteiger partial charge in [0.15, 0.2) is 0 Å². The number of amides is 1. The lowest BCUT2D eigenvalue weighted by molar-refractivity contribution is -0.113. The van der Waals surface area contributed by atoms with Gasteiger partial charge in [0.25, 0.3) is 0 Å². The fraction of sp³-hybridized carbons (Fsp3) is 0.182. The van der Waals surface area contributed by atoms with Crippen LogP contribution in [0.5, 0.6) is 0 Å². The van der Waals surface area contributed by atoms with Gasteiger partial charge in [-0.15, -0.1) is 0 Å². The molecule has 0 aromatic heterocycles. The van der Waals surface area contributed by atoms with E-state index in [9.17, 15) is 4.79 Å². The minimum Gasteiger partial charge on any atom is -0.366 e. The molecule has 1 aromatic carbocycles. The largest absolute Gasteiger partial charge is 0.366 e. The second kappa shape index (κ2) is 3.46. The predicted molar refractivity (Wildman–Crippen MR) is 56.9 cm³/mol. The molecule has 14 heavy (non-hydrogen) atoms. The van der Waals surface area contributed by atoms with Gasteiger partial charge in [0.1, 0.15) is 0 Å². The smallest absolute Gasteiger partial charge is 0.241 e. The Kier molecular flexibility index (Phi) is 2.30. The third kappa shape index (κ3) is 1.66. The minimum absolute atomic E-state index is 0.386. The highest BCUT2D eigenvalue weighted by atomic mass is 35.5. The number of carbonyl (C=O) groups is 1. The Bertz CT molecular complexity index is 423. The Labute approximate surface area is 87.4 Å². The van der Waals surface area contributed by atoms with E-state index in [2.05, 4.69) is 0 Å². The molecular weight excluding hydrogens is 198 g/mol. The second-order valence-electron chi connectivity index (χ2n) is 3.37. The van der Waals surface area contributed by atoms with Crippen LogP contribution >= 0.6 is 11.6 Å². The monoisotopic (exact) mass is 207 g/mol. The third-order valence-electron chi connectivity index (χ3n) is 2.39. The first kappa shape index (κ1) is 9.28. The van der Waals surface area contributed by atoms with Crippen LogP contribution < -0.4 is 5.73 Å². The number of nitrogens with two attached hydrogens (primary N) is 1. The van der Waals surface area contributed by atoms with Crippen LogP contribution in [0.4, 0.5) is 0 Å². The van der Waals surface area contributed by atoms with E-state index in [4.69, 9.17) is 17.3 Å². The number of halogens is 1. The molecule has 0 spiro atoms. The summed E-state index contributed by atoms with van der Waals surface area (Å²) >= 11 is 5.87. The number of benzene rings is 1. The maximum absolute atomic E-state index is 10.8. The van der Waals surface area contributed by atoms with Crippen LogP contribution in [0.1, 0.15) is 17.5 Å². The van der Waals surface area contributed by atoms with Gasteiger partial charge < -0.3 is 5.73 Å². The van der Waals surface area contributed by atoms with E-state index in [0.29, 0.717) is 0 Å². The maximum Gasteiger partial charge on any atom is 0.241 e. The lowest BCUT2D eigenvalue weighted by atomic mass is 10.1. The van der Waals surface area contributed by atoms with E-state index in [1.807, 2.05) is 18.2 Å². The summed E-state index contributed by atoms with van der Waals surface area (Å²) in [5.41, 5.74) is 8.44. The van der Waals surface area contributed by atoms with Gasteiger partial charge in [0.05, 0.1) is 0 Å². The van der Waals surface area contributed by atoms with Crippen LogP contribution in [-0.4, -0.2) is 5.91 Å². The molecule has 0 bridgehead atoms. The van der Waals surface area contributed by atoms with Crippen LogP contribution in [0.3, 0.4) is 0 Å². The molecule has 0 saturated heterocycles. The Balaban J connectivity index is 2.45. The fourth-order valence-electron chi connectivity index (χ4n) is 1.81. The van der Waals surface area contributed by atoms with Crippen LogP contribution in [0.2, 0.25) is 5.02 Å². The van der Waals surface area contributed by atoms with Crippen LogP contribution in [0, 0.1) is 0 Å². The molecular formula is C11H10ClNO. The molecule has 1 amide bonds. The highest BCUT2D eigenvalue weighted by molar-refractivity contribution is 6.30. The number of fused-ring (bicyclic) bond motifs is 1. The van der Waals surface area contributed by atoms with Crippen molar-refractivity contribution in [2.24, 2.45) is 5.73 Å². The number of rotatable bonds is 1. The first-order valence-corrected chi connectivity index (χ1v) is 4.83. The Morgan fingerprint density at radius 2 is 2.21 bits per heavy atom. The number of primary amides is 1. The molecule has 1 aliphatic rings. The van der Waals surface area contributed by atoms with Gasteiger partial charge in [-0.25, -0.2) is 0 Å². The molecule has 2 rings (SSSR count). The predicted octanol–water partition coefficient (Wildman–Crippen LogP) is 2.15. The van der Waals surface area contributed by atoms with Gasteiger partial charge in [-0.2, -0.15) is 0 Å². The van der Waals surface area contributed by atoms with E-state index >= 15 is 0 Å². The van der Waals surface area contributed by atoms with Crippen molar-refractivity contribution in [3.05, 3.63) is 40.4 Å². The molecule has 0 atom stereocenters. The fourth-order valence-corrected chi connectivity index (χ4v) is 2.00. The van der Waals surface area contributed by atoms with Crippen molar-refractivity contribution in [2.75, 3.05) is 0 Å². The molecule has 0 fully saturated rings. The number of hydrogen-bond donors (Lipinski definition) is 1. The Hall–Kier alpha value is -1.28. The summed E-state index contributed by atoms with van der Waals surface area (Å²) in [6, 6.07) is 5.72. The lowest BCUT2D eigenvalue weighted by Crippen LogP contribution is -2.06. The first-order valence-electron chi connectivity index (χ1n) is 4.45. The molecule has 0 heterocycles. The zero-order valence-corrected chi connectivity index (χ0v) is 8.34. The summed E-state index contributed by atoms with van der Waals surface area (Å²) in [5.74, 6) is -0.386. The van der Waals surface area contributed by atoms with Crippen molar-refractivity contribution < 1.29 is 4.79 Å². The summed E-state index contributed by atoms with van der Waals surface area (Å²) in [5, 5.41) is 0.740. The molecule has 2 N–H and O–H groups in total. The molecule has 0 unspecified atom stereocenters. The van der Waals surface area contributed by atoms with E-state index in [1.54, 1.807) is 0 Å². The zero-order valence-electron chi connectivity index (χ0n) is 7.59. The molecule has 2 nitrogen and oxygen atoms in total. The van der Waals surface area contributed by atoms with Crippen LogP contribution in [0.25, 0.3) is 5.57 Å². The number of aryl methyl sites for hydroxylation is 1. The summed E-state index contributed by atoms with van der Waals surface area (Å²) in [7, 11) is 0. The molecule has 72 valence electrons. The topological polar surface area (TPSA) is 43.1 Å². The van der Waals surface area contributed by atoms with Crippen molar-refractivity contribution in [3.8, 4) is 0 Å². The third-order valence-corrected chi connectivity index (χ3v) is 2.63. The van der Waals surface area contributed by atoms with Crippen molar-refractivity contribution in [2.45, 2.75) is 12.8 Å². The average Bonchev–Trinajstić information content (AvgIpc) is 2.47. The van der Waals surface area contributed by atoms with E-state index in [0.717, 1.165) is 29.0 Å². The quantitative estimate of drug-likeness (QED) is 0.705. The standard InChI is InChI=1S/C11H10ClNO/c12-9-3-4-10-7(5-9)1-2-8(10)6-11(13)14/h3-6H,1-2H2,(H2,13,14). The summed E-state index contributed by atoms with van der Waals surface area (Å²) < 4.78 is 0. The number of hydrogen-bond acceptors (Lipinski definition) is 1. The molecule has 3 heteroatoms. The summed E-state index contributed by atoms with van der Waals surface area (Å²) in [6.07, 6.45) is 3.31.